The third kappa shape index (κ3) is 2.36. The summed E-state index contributed by atoms with van der Waals surface area (Å²) in [6.45, 7) is 0. The molecular weight excluding hydrogens is 295 g/mol. The SMILES string of the molecule is Clc1ccc(-c2[c]cccc2Br)cc1Cl. The molecule has 0 aromatic heterocycles. The Balaban J connectivity index is 2.55. The molecule has 75 valence electrons. The second-order valence-electron chi connectivity index (χ2n) is 3.02. The summed E-state index contributed by atoms with van der Waals surface area (Å²) in [4.78, 5) is 0. The first-order valence-electron chi connectivity index (χ1n) is 4.30. The first-order chi connectivity index (χ1) is 7.18. The Hall–Kier alpha value is -0.500. The highest BCUT2D eigenvalue weighted by Crippen LogP contribution is 2.32. The van der Waals surface area contributed by atoms with E-state index in [1.54, 1.807) is 6.07 Å². The van der Waals surface area contributed by atoms with Gasteiger partial charge in [-0.3, -0.25) is 0 Å². The van der Waals surface area contributed by atoms with Gasteiger partial charge < -0.3 is 0 Å². The molecule has 3 heteroatoms. The monoisotopic (exact) mass is 299 g/mol. The number of hydrogen-bond acceptors (Lipinski definition) is 0. The fourth-order valence-corrected chi connectivity index (χ4v) is 2.08. The van der Waals surface area contributed by atoms with Crippen LogP contribution in [0.1, 0.15) is 0 Å². The van der Waals surface area contributed by atoms with Gasteiger partial charge in [-0.1, -0.05) is 57.3 Å². The lowest BCUT2D eigenvalue weighted by Crippen LogP contribution is -1.80. The third-order valence-electron chi connectivity index (χ3n) is 2.01. The zero-order valence-corrected chi connectivity index (χ0v) is 10.7. The van der Waals surface area contributed by atoms with Gasteiger partial charge in [0.1, 0.15) is 0 Å². The fourth-order valence-electron chi connectivity index (χ4n) is 1.29. The lowest BCUT2D eigenvalue weighted by molar-refractivity contribution is 1.57. The van der Waals surface area contributed by atoms with E-state index in [0.29, 0.717) is 10.0 Å². The molecule has 0 saturated heterocycles. The molecule has 0 nitrogen and oxygen atoms in total. The van der Waals surface area contributed by atoms with Crippen molar-refractivity contribution >= 4 is 39.1 Å². The molecule has 0 aliphatic heterocycles. The summed E-state index contributed by atoms with van der Waals surface area (Å²) in [7, 11) is 0. The van der Waals surface area contributed by atoms with Crippen LogP contribution in [-0.4, -0.2) is 0 Å². The Bertz CT molecular complexity index is 495. The van der Waals surface area contributed by atoms with Crippen LogP contribution in [0.3, 0.4) is 0 Å². The van der Waals surface area contributed by atoms with Crippen LogP contribution >= 0.6 is 39.1 Å². The van der Waals surface area contributed by atoms with Gasteiger partial charge in [0.05, 0.1) is 10.0 Å². The zero-order chi connectivity index (χ0) is 10.8. The van der Waals surface area contributed by atoms with Crippen LogP contribution in [0.2, 0.25) is 10.0 Å². The van der Waals surface area contributed by atoms with E-state index in [4.69, 9.17) is 23.2 Å². The number of hydrogen-bond donors (Lipinski definition) is 0. The van der Waals surface area contributed by atoms with Crippen molar-refractivity contribution in [1.29, 1.82) is 0 Å². The predicted octanol–water partition coefficient (Wildman–Crippen LogP) is 5.22. The van der Waals surface area contributed by atoms with E-state index in [0.717, 1.165) is 15.6 Å². The average Bonchev–Trinajstić information content (AvgIpc) is 2.23. The number of rotatable bonds is 1. The summed E-state index contributed by atoms with van der Waals surface area (Å²) < 4.78 is 0.989. The van der Waals surface area contributed by atoms with E-state index in [9.17, 15) is 0 Å². The van der Waals surface area contributed by atoms with Crippen molar-refractivity contribution in [1.82, 2.24) is 0 Å². The van der Waals surface area contributed by atoms with Gasteiger partial charge in [-0.25, -0.2) is 0 Å². The molecule has 0 spiro atoms. The van der Waals surface area contributed by atoms with Crippen LogP contribution in [0.5, 0.6) is 0 Å². The molecule has 0 unspecified atom stereocenters. The molecule has 1 radical (unpaired) electrons. The summed E-state index contributed by atoms with van der Waals surface area (Å²) in [5.74, 6) is 0. The Morgan fingerprint density at radius 1 is 1.07 bits per heavy atom. The first-order valence-corrected chi connectivity index (χ1v) is 5.85. The van der Waals surface area contributed by atoms with Crippen LogP contribution in [0.4, 0.5) is 0 Å². The molecule has 2 aromatic carbocycles. The summed E-state index contributed by atoms with van der Waals surface area (Å²) >= 11 is 15.3. The number of halogens is 3. The molecule has 0 amide bonds. The molecule has 2 rings (SSSR count). The average molecular weight is 301 g/mol. The van der Waals surface area contributed by atoms with E-state index in [1.165, 1.54) is 0 Å². The van der Waals surface area contributed by atoms with Crippen LogP contribution in [0.15, 0.2) is 40.9 Å². The number of benzene rings is 2. The van der Waals surface area contributed by atoms with Gasteiger partial charge in [0.15, 0.2) is 0 Å². The Morgan fingerprint density at radius 2 is 1.87 bits per heavy atom. The summed E-state index contributed by atoms with van der Waals surface area (Å²) in [6.07, 6.45) is 0. The molecule has 2 aromatic rings. The second-order valence-corrected chi connectivity index (χ2v) is 4.69. The molecule has 0 aliphatic carbocycles. The highest BCUT2D eigenvalue weighted by atomic mass is 79.9. The van der Waals surface area contributed by atoms with Gasteiger partial charge in [-0.15, -0.1) is 0 Å². The molecule has 0 aliphatic rings. The van der Waals surface area contributed by atoms with Crippen LogP contribution in [0, 0.1) is 6.07 Å². The van der Waals surface area contributed by atoms with Crippen molar-refractivity contribution in [3.05, 3.63) is 57.0 Å². The lowest BCUT2D eigenvalue weighted by Gasteiger charge is -2.05. The van der Waals surface area contributed by atoms with Crippen molar-refractivity contribution in [2.45, 2.75) is 0 Å². The minimum atomic E-state index is 0.554. The molecule has 0 fully saturated rings. The maximum Gasteiger partial charge on any atom is 0.0598 e. The maximum atomic E-state index is 5.95. The van der Waals surface area contributed by atoms with Gasteiger partial charge >= 0.3 is 0 Å². The smallest absolute Gasteiger partial charge is 0.0598 e. The molecule has 0 N–H and O–H groups in total. The molecule has 15 heavy (non-hydrogen) atoms. The van der Waals surface area contributed by atoms with Gasteiger partial charge in [-0.2, -0.15) is 0 Å². The highest BCUT2D eigenvalue weighted by Gasteiger charge is 2.04. The molecule has 0 atom stereocenters. The van der Waals surface area contributed by atoms with Gasteiger partial charge in [0, 0.05) is 10.0 Å². The molecule has 0 heterocycles. The molecule has 0 bridgehead atoms. The summed E-state index contributed by atoms with van der Waals surface area (Å²) in [5.41, 5.74) is 1.98. The quantitative estimate of drug-likeness (QED) is 0.677. The standard InChI is InChI=1S/C12H6BrCl2/c13-10-4-2-1-3-9(10)8-5-6-11(14)12(15)7-8/h1-2,4-7H. The third-order valence-corrected chi connectivity index (χ3v) is 3.41. The Labute approximate surface area is 107 Å². The second kappa shape index (κ2) is 4.56. The van der Waals surface area contributed by atoms with Crippen molar-refractivity contribution in [2.24, 2.45) is 0 Å². The van der Waals surface area contributed by atoms with Crippen molar-refractivity contribution in [3.63, 3.8) is 0 Å². The zero-order valence-electron chi connectivity index (χ0n) is 7.60. The Kier molecular flexibility index (Phi) is 3.35. The Morgan fingerprint density at radius 3 is 2.53 bits per heavy atom. The normalized spacial score (nSPS) is 10.3. The van der Waals surface area contributed by atoms with Gasteiger partial charge in [0.2, 0.25) is 0 Å². The molecular formula is C12H6BrCl2. The maximum absolute atomic E-state index is 5.95. The predicted molar refractivity (Wildman–Crippen MR) is 68.4 cm³/mol. The van der Waals surface area contributed by atoms with Crippen LogP contribution < -0.4 is 0 Å². The molecule has 0 saturated carbocycles. The van der Waals surface area contributed by atoms with E-state index in [-0.39, 0.29) is 0 Å². The lowest BCUT2D eigenvalue weighted by atomic mass is 10.1. The largest absolute Gasteiger partial charge is 0.0827 e. The van der Waals surface area contributed by atoms with Gasteiger partial charge in [-0.05, 0) is 29.8 Å². The minimum Gasteiger partial charge on any atom is -0.0827 e. The summed E-state index contributed by atoms with van der Waals surface area (Å²) in [6, 6.07) is 14.4. The van der Waals surface area contributed by atoms with Crippen LogP contribution in [0.25, 0.3) is 11.1 Å². The van der Waals surface area contributed by atoms with E-state index >= 15 is 0 Å². The van der Waals surface area contributed by atoms with Crippen molar-refractivity contribution in [3.8, 4) is 11.1 Å². The topological polar surface area (TPSA) is 0 Å². The first kappa shape index (κ1) is 11.0. The van der Waals surface area contributed by atoms with Gasteiger partial charge in [0.25, 0.3) is 0 Å². The fraction of sp³-hybridized carbons (Fsp3) is 0. The minimum absolute atomic E-state index is 0.554. The van der Waals surface area contributed by atoms with E-state index < -0.39 is 0 Å². The summed E-state index contributed by atoms with van der Waals surface area (Å²) in [5, 5.41) is 1.12. The highest BCUT2D eigenvalue weighted by molar-refractivity contribution is 9.10. The van der Waals surface area contributed by atoms with Crippen molar-refractivity contribution < 1.29 is 0 Å². The van der Waals surface area contributed by atoms with Crippen molar-refractivity contribution in [2.75, 3.05) is 0 Å². The van der Waals surface area contributed by atoms with E-state index in [2.05, 4.69) is 22.0 Å². The van der Waals surface area contributed by atoms with E-state index in [1.807, 2.05) is 30.3 Å². The van der Waals surface area contributed by atoms with Crippen LogP contribution in [-0.2, 0) is 0 Å².